The zero-order chi connectivity index (χ0) is 30.0. The molecule has 1 amide bonds. The highest BCUT2D eigenvalue weighted by atomic mass is 35.5. The summed E-state index contributed by atoms with van der Waals surface area (Å²) in [7, 11) is 0. The van der Waals surface area contributed by atoms with E-state index in [1.807, 2.05) is 0 Å². The molecule has 5 aromatic rings. The van der Waals surface area contributed by atoms with Crippen LogP contribution in [0.25, 0.3) is 22.4 Å². The number of hydrogen-bond donors (Lipinski definition) is 2. The second-order valence-electron chi connectivity index (χ2n) is 9.65. The van der Waals surface area contributed by atoms with Crippen LogP contribution >= 0.6 is 11.6 Å². The Morgan fingerprint density at radius 1 is 1.07 bits per heavy atom. The van der Waals surface area contributed by atoms with Crippen LogP contribution in [0.1, 0.15) is 40.1 Å². The lowest BCUT2D eigenvalue weighted by molar-refractivity contribution is -0.137. The number of pyridine rings is 1. The van der Waals surface area contributed by atoms with E-state index in [0.717, 1.165) is 4.90 Å². The van der Waals surface area contributed by atoms with Gasteiger partial charge in [-0.3, -0.25) is 14.9 Å². The molecule has 4 heterocycles. The highest BCUT2D eigenvalue weighted by Crippen LogP contribution is 2.45. The van der Waals surface area contributed by atoms with Crippen LogP contribution in [0.4, 0.5) is 22.0 Å². The molecule has 0 fully saturated rings. The maximum Gasteiger partial charge on any atom is 0.417 e. The maximum atomic E-state index is 14.3. The first kappa shape index (κ1) is 27.4. The van der Waals surface area contributed by atoms with Gasteiger partial charge in [0.2, 0.25) is 5.88 Å². The van der Waals surface area contributed by atoms with Gasteiger partial charge in [-0.25, -0.2) is 18.6 Å². The third-order valence-corrected chi connectivity index (χ3v) is 6.72. The summed E-state index contributed by atoms with van der Waals surface area (Å²) < 4.78 is 78.8. The molecule has 1 aliphatic heterocycles. The standard InChI is InChI=1S/C27H17ClF5N5O4/c1-26(29,30)11-38-22(12-5-7-14(8-6-12)41-18-10-13(27(31,32)33)9-17(28)35-18)19-20(36-37-21(19)24(38)39)15-3-2-4-16-23(15)42-25(40)34-16/h2-10,22H,11H2,1H3,(H,34,40)(H,36,37). The molecular formula is C27H17ClF5N5O4. The molecule has 216 valence electrons. The van der Waals surface area contributed by atoms with Gasteiger partial charge in [-0.1, -0.05) is 29.8 Å². The molecule has 1 atom stereocenters. The summed E-state index contributed by atoms with van der Waals surface area (Å²) in [5.41, 5.74) is 0.676. The zero-order valence-electron chi connectivity index (χ0n) is 21.2. The number of nitrogens with one attached hydrogen (secondary N) is 2. The van der Waals surface area contributed by atoms with E-state index in [9.17, 15) is 31.5 Å². The summed E-state index contributed by atoms with van der Waals surface area (Å²) in [5, 5.41) is 6.47. The van der Waals surface area contributed by atoms with Gasteiger partial charge in [0.25, 0.3) is 11.8 Å². The van der Waals surface area contributed by atoms with Gasteiger partial charge in [0, 0.05) is 24.1 Å². The van der Waals surface area contributed by atoms with E-state index in [0.29, 0.717) is 35.7 Å². The van der Waals surface area contributed by atoms with Crippen LogP contribution in [0.15, 0.2) is 63.8 Å². The van der Waals surface area contributed by atoms with Gasteiger partial charge in [-0.15, -0.1) is 0 Å². The van der Waals surface area contributed by atoms with E-state index in [-0.39, 0.29) is 28.3 Å². The summed E-state index contributed by atoms with van der Waals surface area (Å²) in [6.07, 6.45) is -4.68. The summed E-state index contributed by atoms with van der Waals surface area (Å²) in [6, 6.07) is 10.9. The highest BCUT2D eigenvalue weighted by molar-refractivity contribution is 6.29. The molecule has 15 heteroatoms. The van der Waals surface area contributed by atoms with Crippen LogP contribution in [0.3, 0.4) is 0 Å². The van der Waals surface area contributed by atoms with Gasteiger partial charge in [0.15, 0.2) is 5.58 Å². The van der Waals surface area contributed by atoms with Crippen molar-refractivity contribution in [3.63, 3.8) is 0 Å². The molecule has 0 aliphatic carbocycles. The molecule has 0 saturated heterocycles. The van der Waals surface area contributed by atoms with E-state index >= 15 is 0 Å². The molecule has 1 aliphatic rings. The number of aromatic nitrogens is 4. The average molecular weight is 606 g/mol. The summed E-state index contributed by atoms with van der Waals surface area (Å²) in [5.74, 6) is -5.02. The Morgan fingerprint density at radius 3 is 2.50 bits per heavy atom. The zero-order valence-corrected chi connectivity index (χ0v) is 22.0. The minimum absolute atomic E-state index is 0.0164. The van der Waals surface area contributed by atoms with E-state index in [4.69, 9.17) is 20.8 Å². The Kier molecular flexibility index (Phi) is 6.33. The minimum Gasteiger partial charge on any atom is -0.439 e. The average Bonchev–Trinajstić information content (AvgIpc) is 3.56. The summed E-state index contributed by atoms with van der Waals surface area (Å²) >= 11 is 5.73. The third kappa shape index (κ3) is 4.98. The van der Waals surface area contributed by atoms with Crippen molar-refractivity contribution in [2.75, 3.05) is 6.54 Å². The number of ether oxygens (including phenoxy) is 1. The Hall–Kier alpha value is -4.72. The van der Waals surface area contributed by atoms with E-state index < -0.39 is 52.9 Å². The van der Waals surface area contributed by atoms with Gasteiger partial charge >= 0.3 is 11.9 Å². The number of oxazole rings is 1. The Balaban J connectivity index is 1.41. The SMILES string of the molecule is CC(F)(F)CN1C(=O)c2[nH]nc(-c3cccc4[nH]c(=O)oc34)c2C1c1ccc(Oc2cc(C(F)(F)F)cc(Cl)n2)cc1. The molecule has 0 saturated carbocycles. The molecule has 0 bridgehead atoms. The molecule has 42 heavy (non-hydrogen) atoms. The number of hydrogen-bond acceptors (Lipinski definition) is 6. The Morgan fingerprint density at radius 2 is 1.81 bits per heavy atom. The number of nitrogens with zero attached hydrogens (tertiary/aromatic N) is 3. The van der Waals surface area contributed by atoms with Crippen LogP contribution in [0.2, 0.25) is 5.15 Å². The number of benzene rings is 2. The minimum atomic E-state index is -4.68. The number of carbonyl (C=O) groups is 1. The van der Waals surface area contributed by atoms with Crippen LogP contribution in [-0.4, -0.2) is 43.4 Å². The van der Waals surface area contributed by atoms with Crippen molar-refractivity contribution in [2.45, 2.75) is 25.1 Å². The molecule has 9 nitrogen and oxygen atoms in total. The van der Waals surface area contributed by atoms with E-state index in [1.165, 1.54) is 24.3 Å². The Labute approximate surface area is 236 Å². The predicted octanol–water partition coefficient (Wildman–Crippen LogP) is 6.57. The quantitative estimate of drug-likeness (QED) is 0.167. The molecule has 0 spiro atoms. The van der Waals surface area contributed by atoms with Gasteiger partial charge in [-0.2, -0.15) is 18.3 Å². The van der Waals surface area contributed by atoms with Gasteiger partial charge in [-0.05, 0) is 35.9 Å². The number of fused-ring (bicyclic) bond motifs is 2. The number of amides is 1. The maximum absolute atomic E-state index is 14.3. The van der Waals surface area contributed by atoms with Crippen LogP contribution in [-0.2, 0) is 6.18 Å². The van der Waals surface area contributed by atoms with Crippen molar-refractivity contribution in [1.82, 2.24) is 25.1 Å². The molecule has 3 aromatic heterocycles. The van der Waals surface area contributed by atoms with Crippen LogP contribution in [0, 0.1) is 0 Å². The molecule has 1 unspecified atom stereocenters. The molecule has 2 N–H and O–H groups in total. The van der Waals surface area contributed by atoms with Crippen molar-refractivity contribution in [2.24, 2.45) is 0 Å². The summed E-state index contributed by atoms with van der Waals surface area (Å²) in [6.45, 7) is -0.241. The first-order chi connectivity index (χ1) is 19.8. The highest BCUT2D eigenvalue weighted by Gasteiger charge is 2.45. The lowest BCUT2D eigenvalue weighted by Gasteiger charge is -2.28. The monoisotopic (exact) mass is 605 g/mol. The first-order valence-electron chi connectivity index (χ1n) is 12.2. The van der Waals surface area contributed by atoms with Crippen LogP contribution < -0.4 is 10.5 Å². The molecule has 6 rings (SSSR count). The number of rotatable bonds is 6. The van der Waals surface area contributed by atoms with E-state index in [1.54, 1.807) is 18.2 Å². The van der Waals surface area contributed by atoms with E-state index in [2.05, 4.69) is 20.2 Å². The number of halogens is 6. The van der Waals surface area contributed by atoms with Crippen molar-refractivity contribution >= 4 is 28.6 Å². The van der Waals surface area contributed by atoms with Crippen LogP contribution in [0.5, 0.6) is 11.6 Å². The van der Waals surface area contributed by atoms with Gasteiger partial charge < -0.3 is 14.1 Å². The van der Waals surface area contributed by atoms with Gasteiger partial charge in [0.1, 0.15) is 22.3 Å². The number of H-pyrrole nitrogens is 2. The predicted molar refractivity (Wildman–Crippen MR) is 139 cm³/mol. The normalized spacial score (nSPS) is 15.5. The number of para-hydroxylation sites is 1. The largest absolute Gasteiger partial charge is 0.439 e. The number of carbonyl (C=O) groups excluding carboxylic acids is 1. The molecule has 0 radical (unpaired) electrons. The van der Waals surface area contributed by atoms with Crippen molar-refractivity contribution < 1.29 is 35.9 Å². The summed E-state index contributed by atoms with van der Waals surface area (Å²) in [4.78, 5) is 32.5. The van der Waals surface area contributed by atoms with Crippen molar-refractivity contribution in [3.8, 4) is 22.9 Å². The second-order valence-corrected chi connectivity index (χ2v) is 10.0. The Bertz CT molecular complexity index is 1890. The second kappa shape index (κ2) is 9.69. The molecule has 2 aromatic carbocycles. The third-order valence-electron chi connectivity index (χ3n) is 6.53. The molecular weight excluding hydrogens is 589 g/mol. The van der Waals surface area contributed by atoms with Crippen molar-refractivity contribution in [1.29, 1.82) is 0 Å². The fraction of sp³-hybridized carbons (Fsp3) is 0.185. The van der Waals surface area contributed by atoms with Gasteiger partial charge in [0.05, 0.1) is 23.7 Å². The number of alkyl halides is 5. The first-order valence-corrected chi connectivity index (χ1v) is 12.6. The fourth-order valence-corrected chi connectivity index (χ4v) is 5.10. The fourth-order valence-electron chi connectivity index (χ4n) is 4.90. The lowest BCUT2D eigenvalue weighted by Crippen LogP contribution is -2.38. The number of aromatic amines is 2. The lowest BCUT2D eigenvalue weighted by atomic mass is 9.95. The van der Waals surface area contributed by atoms with Crippen molar-refractivity contribution in [3.05, 3.63) is 92.7 Å². The smallest absolute Gasteiger partial charge is 0.417 e. The topological polar surface area (TPSA) is 117 Å².